The summed E-state index contributed by atoms with van der Waals surface area (Å²) in [5.41, 5.74) is 1.65. The van der Waals surface area contributed by atoms with Crippen molar-refractivity contribution in [3.8, 4) is 0 Å². The minimum absolute atomic E-state index is 0.147. The number of carbonyl (C=O) groups is 2. The molecule has 0 bridgehead atoms. The van der Waals surface area contributed by atoms with Crippen LogP contribution in [0.15, 0.2) is 53.3 Å². The first-order valence-electron chi connectivity index (χ1n) is 10.1. The number of para-hydroxylation sites is 1. The Morgan fingerprint density at radius 2 is 1.93 bits per heavy atom. The number of H-pyrrole nitrogens is 1. The molecule has 0 spiro atoms. The number of benzene rings is 2. The Kier molecular flexibility index (Phi) is 5.61. The van der Waals surface area contributed by atoms with E-state index in [0.29, 0.717) is 35.3 Å². The normalized spacial score (nSPS) is 15.5. The van der Waals surface area contributed by atoms with E-state index < -0.39 is 12.1 Å². The standard InChI is InChI=1S/C23H23N3O4/c1-2-3-12-26(14-20-24-18-11-7-6-10-17(18)21(27)25-20)22(28)19-13-15-8-4-5-9-16(15)23(29)30-19/h4-11,19H,2-3,12-14H2,1H3,(H,24,25,27). The van der Waals surface area contributed by atoms with Gasteiger partial charge in [0.1, 0.15) is 5.82 Å². The number of unbranched alkanes of at least 4 members (excludes halogenated alkanes) is 1. The van der Waals surface area contributed by atoms with Crippen molar-refractivity contribution < 1.29 is 14.3 Å². The number of cyclic esters (lactones) is 1. The molecule has 1 aliphatic rings. The van der Waals surface area contributed by atoms with E-state index in [1.165, 1.54) is 0 Å². The molecule has 3 aromatic rings. The molecular weight excluding hydrogens is 382 g/mol. The number of nitrogens with one attached hydrogen (secondary N) is 1. The van der Waals surface area contributed by atoms with E-state index in [0.717, 1.165) is 18.4 Å². The lowest BCUT2D eigenvalue weighted by molar-refractivity contribution is -0.142. The second-order valence-corrected chi connectivity index (χ2v) is 7.40. The first kappa shape index (κ1) is 19.8. The lowest BCUT2D eigenvalue weighted by Gasteiger charge is -2.29. The van der Waals surface area contributed by atoms with E-state index in [9.17, 15) is 14.4 Å². The average molecular weight is 405 g/mol. The Hall–Kier alpha value is -3.48. The van der Waals surface area contributed by atoms with Gasteiger partial charge in [-0.25, -0.2) is 9.78 Å². The van der Waals surface area contributed by atoms with Crippen LogP contribution in [0.4, 0.5) is 0 Å². The number of amides is 1. The second kappa shape index (κ2) is 8.49. The number of fused-ring (bicyclic) bond motifs is 2. The average Bonchev–Trinajstić information content (AvgIpc) is 2.76. The van der Waals surface area contributed by atoms with Crippen LogP contribution < -0.4 is 5.56 Å². The predicted molar refractivity (Wildman–Crippen MR) is 112 cm³/mol. The van der Waals surface area contributed by atoms with Crippen LogP contribution in [0.25, 0.3) is 10.9 Å². The van der Waals surface area contributed by atoms with Gasteiger partial charge in [0.25, 0.3) is 11.5 Å². The maximum absolute atomic E-state index is 13.2. The van der Waals surface area contributed by atoms with Crippen molar-refractivity contribution in [3.05, 3.63) is 75.8 Å². The minimum Gasteiger partial charge on any atom is -0.448 e. The summed E-state index contributed by atoms with van der Waals surface area (Å²) < 4.78 is 5.44. The second-order valence-electron chi connectivity index (χ2n) is 7.40. The molecule has 0 saturated heterocycles. The van der Waals surface area contributed by atoms with Crippen LogP contribution in [0.3, 0.4) is 0 Å². The topological polar surface area (TPSA) is 92.4 Å². The molecule has 1 aromatic heterocycles. The zero-order chi connectivity index (χ0) is 21.1. The number of carbonyl (C=O) groups excluding carboxylic acids is 2. The number of hydrogen-bond acceptors (Lipinski definition) is 5. The smallest absolute Gasteiger partial charge is 0.339 e. The van der Waals surface area contributed by atoms with E-state index in [2.05, 4.69) is 9.97 Å². The molecule has 2 aromatic carbocycles. The molecule has 4 rings (SSSR count). The summed E-state index contributed by atoms with van der Waals surface area (Å²) in [4.78, 5) is 46.8. The summed E-state index contributed by atoms with van der Waals surface area (Å²) >= 11 is 0. The molecule has 0 fully saturated rings. The Morgan fingerprint density at radius 1 is 1.17 bits per heavy atom. The Labute approximate surface area is 173 Å². The molecule has 30 heavy (non-hydrogen) atoms. The monoisotopic (exact) mass is 405 g/mol. The lowest BCUT2D eigenvalue weighted by Crippen LogP contribution is -2.45. The predicted octanol–water partition coefficient (Wildman–Crippen LogP) is 2.83. The van der Waals surface area contributed by atoms with Crippen molar-refractivity contribution in [3.63, 3.8) is 0 Å². The van der Waals surface area contributed by atoms with E-state index >= 15 is 0 Å². The van der Waals surface area contributed by atoms with Crippen LogP contribution in [-0.2, 0) is 22.5 Å². The van der Waals surface area contributed by atoms with Crippen molar-refractivity contribution in [1.82, 2.24) is 14.9 Å². The lowest BCUT2D eigenvalue weighted by atomic mass is 9.98. The Morgan fingerprint density at radius 3 is 2.77 bits per heavy atom. The zero-order valence-electron chi connectivity index (χ0n) is 16.8. The van der Waals surface area contributed by atoms with Gasteiger partial charge in [-0.15, -0.1) is 0 Å². The van der Waals surface area contributed by atoms with Crippen molar-refractivity contribution in [2.75, 3.05) is 6.54 Å². The number of ether oxygens (including phenoxy) is 1. The third-order valence-electron chi connectivity index (χ3n) is 5.26. The van der Waals surface area contributed by atoms with Crippen LogP contribution in [0, 0.1) is 0 Å². The number of rotatable bonds is 6. The van der Waals surface area contributed by atoms with Crippen molar-refractivity contribution >= 4 is 22.8 Å². The van der Waals surface area contributed by atoms with Gasteiger partial charge in [0.05, 0.1) is 23.0 Å². The van der Waals surface area contributed by atoms with E-state index in [-0.39, 0.29) is 18.0 Å². The van der Waals surface area contributed by atoms with Gasteiger partial charge < -0.3 is 14.6 Å². The number of aromatic amines is 1. The summed E-state index contributed by atoms with van der Waals surface area (Å²) in [5, 5.41) is 0.505. The molecule has 1 unspecified atom stereocenters. The number of esters is 1. The summed E-state index contributed by atoms with van der Waals surface area (Å²) in [5.74, 6) is -0.351. The summed E-state index contributed by atoms with van der Waals surface area (Å²) in [6.45, 7) is 2.67. The fourth-order valence-corrected chi connectivity index (χ4v) is 3.68. The SMILES string of the molecule is CCCCN(Cc1nc2ccccc2c(=O)[nH]1)C(=O)C1Cc2ccccc2C(=O)O1. The maximum Gasteiger partial charge on any atom is 0.339 e. The van der Waals surface area contributed by atoms with Crippen LogP contribution in [-0.4, -0.2) is 39.4 Å². The maximum atomic E-state index is 13.2. The van der Waals surface area contributed by atoms with Gasteiger partial charge in [-0.3, -0.25) is 9.59 Å². The van der Waals surface area contributed by atoms with Crippen LogP contribution in [0.5, 0.6) is 0 Å². The molecule has 7 heteroatoms. The number of hydrogen-bond donors (Lipinski definition) is 1. The summed E-state index contributed by atoms with van der Waals surface area (Å²) in [7, 11) is 0. The molecule has 1 amide bonds. The molecule has 1 atom stereocenters. The number of aromatic nitrogens is 2. The molecule has 1 N–H and O–H groups in total. The van der Waals surface area contributed by atoms with E-state index in [4.69, 9.17) is 4.74 Å². The highest BCUT2D eigenvalue weighted by molar-refractivity contribution is 5.95. The highest BCUT2D eigenvalue weighted by Crippen LogP contribution is 2.22. The third-order valence-corrected chi connectivity index (χ3v) is 5.26. The molecule has 0 aliphatic carbocycles. The third kappa shape index (κ3) is 3.96. The van der Waals surface area contributed by atoms with Crippen LogP contribution >= 0.6 is 0 Å². The molecule has 154 valence electrons. The van der Waals surface area contributed by atoms with Gasteiger partial charge in [-0.1, -0.05) is 43.7 Å². The van der Waals surface area contributed by atoms with Gasteiger partial charge >= 0.3 is 5.97 Å². The molecule has 2 heterocycles. The van der Waals surface area contributed by atoms with Crippen molar-refractivity contribution in [1.29, 1.82) is 0 Å². The highest BCUT2D eigenvalue weighted by Gasteiger charge is 2.34. The van der Waals surface area contributed by atoms with Gasteiger partial charge in [-0.2, -0.15) is 0 Å². The molecule has 1 aliphatic heterocycles. The molecule has 0 saturated carbocycles. The van der Waals surface area contributed by atoms with Gasteiger partial charge in [0.15, 0.2) is 6.10 Å². The summed E-state index contributed by atoms with van der Waals surface area (Å²) in [6.07, 6.45) is 1.15. The van der Waals surface area contributed by atoms with Gasteiger partial charge in [-0.05, 0) is 30.2 Å². The van der Waals surface area contributed by atoms with Gasteiger partial charge in [0.2, 0.25) is 0 Å². The molecule has 7 nitrogen and oxygen atoms in total. The van der Waals surface area contributed by atoms with Gasteiger partial charge in [0, 0.05) is 13.0 Å². The minimum atomic E-state index is -0.878. The first-order chi connectivity index (χ1) is 14.6. The van der Waals surface area contributed by atoms with E-state index in [1.807, 2.05) is 25.1 Å². The first-order valence-corrected chi connectivity index (χ1v) is 10.1. The van der Waals surface area contributed by atoms with Crippen LogP contribution in [0.2, 0.25) is 0 Å². The fourth-order valence-electron chi connectivity index (χ4n) is 3.68. The largest absolute Gasteiger partial charge is 0.448 e. The fraction of sp³-hybridized carbons (Fsp3) is 0.304. The van der Waals surface area contributed by atoms with Crippen molar-refractivity contribution in [2.24, 2.45) is 0 Å². The molecule has 0 radical (unpaired) electrons. The molecular formula is C23H23N3O4. The zero-order valence-corrected chi connectivity index (χ0v) is 16.8. The van der Waals surface area contributed by atoms with Crippen molar-refractivity contribution in [2.45, 2.75) is 38.8 Å². The summed E-state index contributed by atoms with van der Waals surface area (Å²) in [6, 6.07) is 14.2. The van der Waals surface area contributed by atoms with Crippen LogP contribution in [0.1, 0.15) is 41.5 Å². The Bertz CT molecular complexity index is 1150. The van der Waals surface area contributed by atoms with E-state index in [1.54, 1.807) is 35.2 Å². The Balaban J connectivity index is 1.59. The number of nitrogens with zero attached hydrogens (tertiary/aromatic N) is 2. The highest BCUT2D eigenvalue weighted by atomic mass is 16.5. The quantitative estimate of drug-likeness (QED) is 0.637.